The molecule has 1 aliphatic rings. The van der Waals surface area contributed by atoms with Crippen LogP contribution in [-0.2, 0) is 9.47 Å². The Kier molecular flexibility index (Phi) is 2.16. The maximum absolute atomic E-state index is 5.37. The van der Waals surface area contributed by atoms with Crippen LogP contribution in [0, 0.1) is 0 Å². The zero-order valence-electron chi connectivity index (χ0n) is 8.65. The van der Waals surface area contributed by atoms with E-state index in [0.29, 0.717) is 5.82 Å². The highest BCUT2D eigenvalue weighted by Gasteiger charge is 2.29. The van der Waals surface area contributed by atoms with Gasteiger partial charge in [0.1, 0.15) is 6.33 Å². The van der Waals surface area contributed by atoms with Crippen molar-refractivity contribution in [2.24, 2.45) is 0 Å². The van der Waals surface area contributed by atoms with Crippen LogP contribution in [0.4, 0.5) is 0 Å². The lowest BCUT2D eigenvalue weighted by molar-refractivity contribution is -0.382. The Labute approximate surface area is 91.9 Å². The van der Waals surface area contributed by atoms with Crippen LogP contribution in [0.5, 0.6) is 0 Å². The van der Waals surface area contributed by atoms with Gasteiger partial charge in [-0.05, 0) is 6.92 Å². The first-order valence-electron chi connectivity index (χ1n) is 4.95. The summed E-state index contributed by atoms with van der Waals surface area (Å²) >= 11 is 0. The van der Waals surface area contributed by atoms with Gasteiger partial charge in [0.15, 0.2) is 18.4 Å². The third-order valence-electron chi connectivity index (χ3n) is 2.31. The van der Waals surface area contributed by atoms with Crippen LogP contribution in [0.1, 0.15) is 18.8 Å². The number of rotatable bonds is 2. The molecule has 0 atom stereocenters. The van der Waals surface area contributed by atoms with E-state index in [2.05, 4.69) is 15.1 Å². The smallest absolute Gasteiger partial charge is 0.192 e. The molecular weight excluding hydrogens is 208 g/mol. The average molecular weight is 218 g/mol. The Morgan fingerprint density at radius 1 is 1.38 bits per heavy atom. The molecule has 0 saturated carbocycles. The van der Waals surface area contributed by atoms with E-state index < -0.39 is 0 Å². The predicted octanol–water partition coefficient (Wildman–Crippen LogP) is 1.05. The molecule has 6 heteroatoms. The molecule has 0 amide bonds. The average Bonchev–Trinajstić information content (AvgIpc) is 2.75. The highest BCUT2D eigenvalue weighted by Crippen LogP contribution is 2.30. The van der Waals surface area contributed by atoms with E-state index >= 15 is 0 Å². The van der Waals surface area contributed by atoms with Gasteiger partial charge >= 0.3 is 0 Å². The Bertz CT molecular complexity index is 479. The number of nitrogens with zero attached hydrogens (tertiary/aromatic N) is 4. The van der Waals surface area contributed by atoms with E-state index in [1.165, 1.54) is 6.33 Å². The fraction of sp³-hybridized carbons (Fsp3) is 0.300. The maximum atomic E-state index is 5.37. The predicted molar refractivity (Wildman–Crippen MR) is 53.5 cm³/mol. The van der Waals surface area contributed by atoms with Gasteiger partial charge in [0, 0.05) is 24.0 Å². The first kappa shape index (κ1) is 9.44. The van der Waals surface area contributed by atoms with E-state index in [1.54, 1.807) is 23.1 Å². The Hall–Kier alpha value is -1.79. The van der Waals surface area contributed by atoms with Gasteiger partial charge in [0.2, 0.25) is 0 Å². The van der Waals surface area contributed by atoms with Crippen LogP contribution in [0.3, 0.4) is 0 Å². The van der Waals surface area contributed by atoms with Crippen molar-refractivity contribution < 1.29 is 9.47 Å². The van der Waals surface area contributed by atoms with Gasteiger partial charge in [-0.2, -0.15) is 5.10 Å². The van der Waals surface area contributed by atoms with Crippen molar-refractivity contribution >= 4 is 0 Å². The highest BCUT2D eigenvalue weighted by atomic mass is 16.9. The van der Waals surface area contributed by atoms with Gasteiger partial charge in [-0.25, -0.2) is 14.6 Å². The number of hydrogen-bond acceptors (Lipinski definition) is 5. The molecule has 0 N–H and O–H groups in total. The minimum atomic E-state index is -0.300. The molecule has 1 fully saturated rings. The van der Waals surface area contributed by atoms with Gasteiger partial charge in [-0.15, -0.1) is 0 Å². The molecule has 3 rings (SSSR count). The standard InChI is InChI=1S/C10H10N4O2/c1-7-15-10(16-7)8-4-13-14(5-8)9-2-3-11-6-12-9/h2-7,10H,1H3. The molecule has 0 bridgehead atoms. The summed E-state index contributed by atoms with van der Waals surface area (Å²) in [5.74, 6) is 0.716. The number of aromatic nitrogens is 4. The summed E-state index contributed by atoms with van der Waals surface area (Å²) in [6, 6.07) is 1.78. The van der Waals surface area contributed by atoms with Gasteiger partial charge < -0.3 is 9.47 Å². The lowest BCUT2D eigenvalue weighted by atomic mass is 10.3. The fourth-order valence-electron chi connectivity index (χ4n) is 1.52. The third kappa shape index (κ3) is 1.58. The fourth-order valence-corrected chi connectivity index (χ4v) is 1.52. The summed E-state index contributed by atoms with van der Waals surface area (Å²) in [5, 5.41) is 4.18. The number of hydrogen-bond donors (Lipinski definition) is 0. The van der Waals surface area contributed by atoms with Crippen molar-refractivity contribution in [3.63, 3.8) is 0 Å². The molecular formula is C10H10N4O2. The second kappa shape index (κ2) is 3.66. The summed E-state index contributed by atoms with van der Waals surface area (Å²) in [4.78, 5) is 7.94. The zero-order chi connectivity index (χ0) is 11.0. The highest BCUT2D eigenvalue weighted by molar-refractivity contribution is 5.20. The second-order valence-corrected chi connectivity index (χ2v) is 3.46. The summed E-state index contributed by atoms with van der Waals surface area (Å²) in [6.07, 6.45) is 6.26. The first-order chi connectivity index (χ1) is 7.83. The van der Waals surface area contributed by atoms with Crippen LogP contribution in [-0.4, -0.2) is 26.0 Å². The maximum Gasteiger partial charge on any atom is 0.192 e. The lowest BCUT2D eigenvalue weighted by Crippen LogP contribution is -2.31. The summed E-state index contributed by atoms with van der Waals surface area (Å²) < 4.78 is 12.4. The van der Waals surface area contributed by atoms with Crippen molar-refractivity contribution in [3.8, 4) is 5.82 Å². The molecule has 0 aliphatic carbocycles. The van der Waals surface area contributed by atoms with Gasteiger partial charge in [-0.3, -0.25) is 0 Å². The molecule has 0 unspecified atom stereocenters. The van der Waals surface area contributed by atoms with E-state index in [-0.39, 0.29) is 12.6 Å². The van der Waals surface area contributed by atoms with Crippen molar-refractivity contribution in [3.05, 3.63) is 36.5 Å². The third-order valence-corrected chi connectivity index (χ3v) is 2.31. The monoisotopic (exact) mass is 218 g/mol. The normalized spacial score (nSPS) is 24.1. The van der Waals surface area contributed by atoms with E-state index in [4.69, 9.17) is 9.47 Å². The van der Waals surface area contributed by atoms with Gasteiger partial charge in [0.25, 0.3) is 0 Å². The number of ether oxygens (including phenoxy) is 2. The minimum absolute atomic E-state index is 0.132. The molecule has 2 aromatic rings. The molecule has 2 aromatic heterocycles. The van der Waals surface area contributed by atoms with E-state index in [0.717, 1.165) is 5.56 Å². The molecule has 0 spiro atoms. The van der Waals surface area contributed by atoms with Crippen LogP contribution in [0.25, 0.3) is 5.82 Å². The molecule has 1 aliphatic heterocycles. The molecule has 16 heavy (non-hydrogen) atoms. The van der Waals surface area contributed by atoms with Crippen molar-refractivity contribution in [1.29, 1.82) is 0 Å². The molecule has 82 valence electrons. The van der Waals surface area contributed by atoms with Crippen LogP contribution in [0.2, 0.25) is 0 Å². The van der Waals surface area contributed by atoms with E-state index in [9.17, 15) is 0 Å². The van der Waals surface area contributed by atoms with E-state index in [1.807, 2.05) is 13.1 Å². The molecule has 0 aromatic carbocycles. The van der Waals surface area contributed by atoms with Crippen molar-refractivity contribution in [2.45, 2.75) is 19.5 Å². The summed E-state index contributed by atoms with van der Waals surface area (Å²) in [6.45, 7) is 1.85. The first-order valence-corrected chi connectivity index (χ1v) is 4.95. The van der Waals surface area contributed by atoms with Crippen LogP contribution >= 0.6 is 0 Å². The lowest BCUT2D eigenvalue weighted by Gasteiger charge is -2.32. The van der Waals surface area contributed by atoms with Gasteiger partial charge in [0.05, 0.1) is 6.20 Å². The van der Waals surface area contributed by atoms with Gasteiger partial charge in [-0.1, -0.05) is 0 Å². The Morgan fingerprint density at radius 3 is 2.94 bits per heavy atom. The SMILES string of the molecule is CC1OC(c2cnn(-c3ccncn3)c2)O1. The van der Waals surface area contributed by atoms with Crippen LogP contribution < -0.4 is 0 Å². The Morgan fingerprint density at radius 2 is 2.25 bits per heavy atom. The molecule has 6 nitrogen and oxygen atoms in total. The quantitative estimate of drug-likeness (QED) is 0.754. The summed E-state index contributed by atoms with van der Waals surface area (Å²) in [5.41, 5.74) is 0.886. The largest absolute Gasteiger partial charge is 0.319 e. The zero-order valence-corrected chi connectivity index (χ0v) is 8.65. The molecule has 0 radical (unpaired) electrons. The van der Waals surface area contributed by atoms with Crippen molar-refractivity contribution in [1.82, 2.24) is 19.7 Å². The van der Waals surface area contributed by atoms with Crippen molar-refractivity contribution in [2.75, 3.05) is 0 Å². The van der Waals surface area contributed by atoms with Crippen LogP contribution in [0.15, 0.2) is 31.0 Å². The second-order valence-electron chi connectivity index (χ2n) is 3.46. The minimum Gasteiger partial charge on any atom is -0.319 e. The molecule has 3 heterocycles. The Balaban J connectivity index is 1.83. The summed E-state index contributed by atoms with van der Waals surface area (Å²) in [7, 11) is 0. The molecule has 1 saturated heterocycles. The topological polar surface area (TPSA) is 62.1 Å².